The van der Waals surface area contributed by atoms with Crippen LogP contribution in [0.5, 0.6) is 11.6 Å². The Hall–Kier alpha value is -3.34. The highest BCUT2D eigenvalue weighted by Crippen LogP contribution is 2.19. The first-order chi connectivity index (χ1) is 14.8. The van der Waals surface area contributed by atoms with Gasteiger partial charge in [-0.25, -0.2) is 17.8 Å². The van der Waals surface area contributed by atoms with Gasteiger partial charge >= 0.3 is 0 Å². The third-order valence-corrected chi connectivity index (χ3v) is 5.99. The number of benzene rings is 2. The molecule has 3 rings (SSSR count). The molecule has 10 heteroatoms. The largest absolute Gasteiger partial charge is 0.439 e. The van der Waals surface area contributed by atoms with Gasteiger partial charge in [0.2, 0.25) is 5.88 Å². The van der Waals surface area contributed by atoms with Crippen LogP contribution >= 0.6 is 0 Å². The molecule has 0 radical (unpaired) electrons. The van der Waals surface area contributed by atoms with Crippen LogP contribution in [0.25, 0.3) is 0 Å². The Morgan fingerprint density at radius 1 is 1.06 bits per heavy atom. The van der Waals surface area contributed by atoms with Gasteiger partial charge in [-0.3, -0.25) is 9.63 Å². The molecule has 0 fully saturated rings. The molecule has 1 amide bonds. The van der Waals surface area contributed by atoms with Gasteiger partial charge in [0.05, 0.1) is 12.0 Å². The zero-order valence-corrected chi connectivity index (χ0v) is 17.6. The lowest BCUT2D eigenvalue weighted by Crippen LogP contribution is -2.26. The molecule has 1 N–H and O–H groups in total. The van der Waals surface area contributed by atoms with Crippen LogP contribution in [-0.2, 0) is 21.4 Å². The highest BCUT2D eigenvalue weighted by Gasteiger charge is 2.20. The number of hydrogen-bond acceptors (Lipinski definition) is 6. The second kappa shape index (κ2) is 9.65. The van der Waals surface area contributed by atoms with Crippen molar-refractivity contribution in [3.05, 3.63) is 83.8 Å². The quantitative estimate of drug-likeness (QED) is 0.535. The number of aromatic nitrogens is 1. The van der Waals surface area contributed by atoms with Crippen molar-refractivity contribution < 1.29 is 27.2 Å². The number of rotatable bonds is 8. The van der Waals surface area contributed by atoms with Crippen LogP contribution in [0.2, 0.25) is 0 Å². The maximum atomic E-state index is 12.9. The number of carbonyl (C=O) groups is 1. The van der Waals surface area contributed by atoms with Crippen LogP contribution in [-0.4, -0.2) is 37.9 Å². The number of ether oxygens (including phenoxy) is 1. The van der Waals surface area contributed by atoms with Crippen molar-refractivity contribution in [1.82, 2.24) is 14.8 Å². The molecule has 0 aliphatic heterocycles. The van der Waals surface area contributed by atoms with E-state index >= 15 is 0 Å². The zero-order valence-electron chi connectivity index (χ0n) is 16.8. The number of carbonyl (C=O) groups excluding carboxylic acids is 1. The van der Waals surface area contributed by atoms with Crippen molar-refractivity contribution in [2.75, 3.05) is 14.2 Å². The van der Waals surface area contributed by atoms with E-state index in [4.69, 9.17) is 9.57 Å². The average molecular weight is 445 g/mol. The number of pyridine rings is 1. The van der Waals surface area contributed by atoms with Gasteiger partial charge in [0.25, 0.3) is 15.9 Å². The van der Waals surface area contributed by atoms with E-state index in [9.17, 15) is 17.6 Å². The number of halogens is 1. The first-order valence-electron chi connectivity index (χ1n) is 9.09. The molecule has 0 saturated carbocycles. The average Bonchev–Trinajstić information content (AvgIpc) is 2.79. The SMILES string of the molecule is CON(C)S(=O)(=O)c1ccc(C(=O)NCc2ccc(Oc3ccc(F)cc3)nc2)cc1. The molecule has 0 aliphatic rings. The summed E-state index contributed by atoms with van der Waals surface area (Å²) in [4.78, 5) is 21.2. The van der Waals surface area contributed by atoms with Crippen molar-refractivity contribution in [2.24, 2.45) is 0 Å². The Morgan fingerprint density at radius 3 is 2.32 bits per heavy atom. The summed E-state index contributed by atoms with van der Waals surface area (Å²) in [5.41, 5.74) is 1.05. The van der Waals surface area contributed by atoms with Gasteiger partial charge in [0, 0.05) is 31.4 Å². The first-order valence-corrected chi connectivity index (χ1v) is 10.5. The molecule has 1 heterocycles. The molecule has 0 atom stereocenters. The van der Waals surface area contributed by atoms with Gasteiger partial charge in [0.15, 0.2) is 0 Å². The minimum absolute atomic E-state index is 0.00865. The third-order valence-electron chi connectivity index (χ3n) is 4.30. The molecule has 0 bridgehead atoms. The summed E-state index contributed by atoms with van der Waals surface area (Å²) >= 11 is 0. The summed E-state index contributed by atoms with van der Waals surface area (Å²) in [5, 5.41) is 2.74. The van der Waals surface area contributed by atoms with Crippen molar-refractivity contribution in [3.63, 3.8) is 0 Å². The van der Waals surface area contributed by atoms with Gasteiger partial charge in [-0.1, -0.05) is 10.5 Å². The third kappa shape index (κ3) is 5.63. The van der Waals surface area contributed by atoms with E-state index < -0.39 is 10.0 Å². The summed E-state index contributed by atoms with van der Waals surface area (Å²) in [6, 6.07) is 14.5. The zero-order chi connectivity index (χ0) is 22.4. The summed E-state index contributed by atoms with van der Waals surface area (Å²) in [6.07, 6.45) is 1.55. The fraction of sp³-hybridized carbons (Fsp3) is 0.143. The second-order valence-corrected chi connectivity index (χ2v) is 8.30. The molecular weight excluding hydrogens is 425 g/mol. The summed E-state index contributed by atoms with van der Waals surface area (Å²) < 4.78 is 43.5. The van der Waals surface area contributed by atoms with E-state index in [1.54, 1.807) is 18.3 Å². The molecule has 31 heavy (non-hydrogen) atoms. The molecule has 8 nitrogen and oxygen atoms in total. The first kappa shape index (κ1) is 22.3. The lowest BCUT2D eigenvalue weighted by atomic mass is 10.2. The highest BCUT2D eigenvalue weighted by atomic mass is 32.2. The maximum absolute atomic E-state index is 12.9. The molecular formula is C21H20FN3O5S. The van der Waals surface area contributed by atoms with E-state index in [0.29, 0.717) is 17.2 Å². The molecule has 0 spiro atoms. The Morgan fingerprint density at radius 2 is 1.74 bits per heavy atom. The molecule has 0 aliphatic carbocycles. The van der Waals surface area contributed by atoms with Crippen molar-refractivity contribution in [1.29, 1.82) is 0 Å². The number of amides is 1. The topological polar surface area (TPSA) is 97.8 Å². The van der Waals surface area contributed by atoms with Crippen LogP contribution in [0.3, 0.4) is 0 Å². The Bertz CT molecular complexity index is 1140. The standard InChI is InChI=1S/C21H20FN3O5S/c1-25(29-2)31(27,28)19-10-4-16(5-11-19)21(26)24-14-15-3-12-20(23-13-15)30-18-8-6-17(22)7-9-18/h3-13H,14H2,1-2H3,(H,24,26). The van der Waals surface area contributed by atoms with Crippen LogP contribution in [0.4, 0.5) is 4.39 Å². The molecule has 162 valence electrons. The van der Waals surface area contributed by atoms with Crippen molar-refractivity contribution >= 4 is 15.9 Å². The number of hydrogen-bond donors (Lipinski definition) is 1. The van der Waals surface area contributed by atoms with Gasteiger partial charge in [-0.15, -0.1) is 0 Å². The number of nitrogens with zero attached hydrogens (tertiary/aromatic N) is 2. The van der Waals surface area contributed by atoms with E-state index in [0.717, 1.165) is 10.0 Å². The van der Waals surface area contributed by atoms with Crippen LogP contribution in [0, 0.1) is 5.82 Å². The van der Waals surface area contributed by atoms with Crippen LogP contribution in [0.1, 0.15) is 15.9 Å². The normalized spacial score (nSPS) is 11.4. The molecule has 3 aromatic rings. The summed E-state index contributed by atoms with van der Waals surface area (Å²) in [7, 11) is -1.25. The Labute approximate surface area is 179 Å². The van der Waals surface area contributed by atoms with Crippen LogP contribution in [0.15, 0.2) is 71.8 Å². The van der Waals surface area contributed by atoms with Crippen LogP contribution < -0.4 is 10.1 Å². The predicted octanol–water partition coefficient (Wildman–Crippen LogP) is 3.12. The highest BCUT2D eigenvalue weighted by molar-refractivity contribution is 7.89. The molecule has 0 unspecified atom stereocenters. The van der Waals surface area contributed by atoms with E-state index in [2.05, 4.69) is 10.3 Å². The number of nitrogens with one attached hydrogen (secondary N) is 1. The Balaban J connectivity index is 1.57. The van der Waals surface area contributed by atoms with E-state index in [-0.39, 0.29) is 23.2 Å². The van der Waals surface area contributed by atoms with Gasteiger partial charge in [0.1, 0.15) is 11.6 Å². The Kier molecular flexibility index (Phi) is 6.95. The van der Waals surface area contributed by atoms with Crippen molar-refractivity contribution in [2.45, 2.75) is 11.4 Å². The summed E-state index contributed by atoms with van der Waals surface area (Å²) in [5.74, 6) is 0.0669. The fourth-order valence-corrected chi connectivity index (χ4v) is 3.48. The summed E-state index contributed by atoms with van der Waals surface area (Å²) in [6.45, 7) is 0.217. The van der Waals surface area contributed by atoms with E-state index in [1.165, 1.54) is 62.7 Å². The van der Waals surface area contributed by atoms with Gasteiger partial charge in [-0.05, 0) is 54.1 Å². The number of sulfonamides is 1. The predicted molar refractivity (Wildman–Crippen MR) is 110 cm³/mol. The fourth-order valence-electron chi connectivity index (χ4n) is 2.51. The molecule has 2 aromatic carbocycles. The van der Waals surface area contributed by atoms with Gasteiger partial charge in [-0.2, -0.15) is 0 Å². The van der Waals surface area contributed by atoms with Gasteiger partial charge < -0.3 is 10.1 Å². The minimum Gasteiger partial charge on any atom is -0.439 e. The number of hydroxylamine groups is 1. The van der Waals surface area contributed by atoms with Crippen molar-refractivity contribution in [3.8, 4) is 11.6 Å². The van der Waals surface area contributed by atoms with E-state index in [1.807, 2.05) is 0 Å². The monoisotopic (exact) mass is 445 g/mol. The minimum atomic E-state index is -3.77. The lowest BCUT2D eigenvalue weighted by molar-refractivity contribution is -0.0258. The smallest absolute Gasteiger partial charge is 0.264 e. The maximum Gasteiger partial charge on any atom is 0.264 e. The second-order valence-electron chi connectivity index (χ2n) is 6.37. The molecule has 0 saturated heterocycles. The lowest BCUT2D eigenvalue weighted by Gasteiger charge is -2.14. The molecule has 1 aromatic heterocycles.